The Kier molecular flexibility index (Phi) is 4.07. The molecular formula is C12H15FN2O4S. The van der Waals surface area contributed by atoms with Gasteiger partial charge in [-0.3, -0.25) is 4.79 Å². The zero-order valence-electron chi connectivity index (χ0n) is 10.8. The van der Waals surface area contributed by atoms with Crippen molar-refractivity contribution in [2.75, 3.05) is 24.8 Å². The van der Waals surface area contributed by atoms with Crippen LogP contribution in [-0.4, -0.2) is 39.8 Å². The van der Waals surface area contributed by atoms with Crippen molar-refractivity contribution in [2.24, 2.45) is 11.7 Å². The number of ether oxygens (including phenoxy) is 1. The molecule has 0 aromatic heterocycles. The average Bonchev–Trinajstić information content (AvgIpc) is 2.77. The van der Waals surface area contributed by atoms with Crippen LogP contribution in [0.2, 0.25) is 0 Å². The maximum Gasteiger partial charge on any atom is 0.231 e. The first-order valence-corrected chi connectivity index (χ1v) is 7.82. The van der Waals surface area contributed by atoms with Crippen molar-refractivity contribution < 1.29 is 22.3 Å². The molecule has 3 N–H and O–H groups in total. The van der Waals surface area contributed by atoms with Crippen molar-refractivity contribution in [3.8, 4) is 0 Å². The summed E-state index contributed by atoms with van der Waals surface area (Å²) < 4.78 is 41.5. The Bertz CT molecular complexity index is 632. The predicted molar refractivity (Wildman–Crippen MR) is 70.4 cm³/mol. The van der Waals surface area contributed by atoms with E-state index in [9.17, 15) is 17.6 Å². The summed E-state index contributed by atoms with van der Waals surface area (Å²) in [6.45, 7) is 0.435. The summed E-state index contributed by atoms with van der Waals surface area (Å²) >= 11 is 0. The van der Waals surface area contributed by atoms with Gasteiger partial charge in [-0.1, -0.05) is 0 Å². The van der Waals surface area contributed by atoms with Crippen molar-refractivity contribution >= 4 is 21.4 Å². The van der Waals surface area contributed by atoms with Gasteiger partial charge in [0.1, 0.15) is 5.82 Å². The topological polar surface area (TPSA) is 98.5 Å². The molecule has 0 saturated carbocycles. The Balaban J connectivity index is 2.22. The van der Waals surface area contributed by atoms with E-state index < -0.39 is 33.5 Å². The maximum absolute atomic E-state index is 13.6. The Morgan fingerprint density at radius 2 is 2.15 bits per heavy atom. The predicted octanol–water partition coefficient (Wildman–Crippen LogP) is 0.141. The molecule has 1 heterocycles. The van der Waals surface area contributed by atoms with Gasteiger partial charge in [-0.25, -0.2) is 12.8 Å². The molecule has 8 heteroatoms. The molecule has 1 aromatic carbocycles. The molecule has 1 aromatic rings. The zero-order chi connectivity index (χ0) is 14.9. The number of sulfone groups is 1. The number of carbonyl (C=O) groups excluding carboxylic acids is 1. The first-order valence-electron chi connectivity index (χ1n) is 5.93. The van der Waals surface area contributed by atoms with Gasteiger partial charge in [0.05, 0.1) is 29.7 Å². The molecular weight excluding hydrogens is 287 g/mol. The van der Waals surface area contributed by atoms with Gasteiger partial charge in [0.15, 0.2) is 9.84 Å². The lowest BCUT2D eigenvalue weighted by molar-refractivity contribution is -0.120. The number of rotatable bonds is 3. The number of amides is 1. The normalized spacial score (nSPS) is 22.8. The summed E-state index contributed by atoms with van der Waals surface area (Å²) in [5.41, 5.74) is 5.51. The van der Waals surface area contributed by atoms with Crippen molar-refractivity contribution in [3.05, 3.63) is 24.0 Å². The lowest BCUT2D eigenvalue weighted by Gasteiger charge is -2.14. The molecule has 1 aliphatic rings. The third kappa shape index (κ3) is 3.14. The second-order valence-electron chi connectivity index (χ2n) is 4.71. The summed E-state index contributed by atoms with van der Waals surface area (Å²) in [5.74, 6) is -1.77. The minimum Gasteiger partial charge on any atom is -0.379 e. The highest BCUT2D eigenvalue weighted by molar-refractivity contribution is 7.90. The third-order valence-corrected chi connectivity index (χ3v) is 4.20. The van der Waals surface area contributed by atoms with Gasteiger partial charge in [-0.2, -0.15) is 0 Å². The molecule has 2 atom stereocenters. The number of halogens is 1. The largest absolute Gasteiger partial charge is 0.379 e. The quantitative estimate of drug-likeness (QED) is 0.774. The van der Waals surface area contributed by atoms with Gasteiger partial charge in [0, 0.05) is 12.3 Å². The zero-order valence-corrected chi connectivity index (χ0v) is 11.6. The number of hydrogen-bond donors (Lipinski definition) is 2. The summed E-state index contributed by atoms with van der Waals surface area (Å²) in [6, 6.07) is 2.78. The highest BCUT2D eigenvalue weighted by atomic mass is 32.2. The van der Waals surface area contributed by atoms with Crippen LogP contribution in [0.5, 0.6) is 0 Å². The van der Waals surface area contributed by atoms with Crippen LogP contribution in [0.3, 0.4) is 0 Å². The lowest BCUT2D eigenvalue weighted by atomic mass is 10.0. The molecule has 0 bridgehead atoms. The van der Waals surface area contributed by atoms with E-state index in [-0.39, 0.29) is 23.8 Å². The van der Waals surface area contributed by atoms with Crippen molar-refractivity contribution in [2.45, 2.75) is 10.9 Å². The average molecular weight is 302 g/mol. The number of nitrogens with one attached hydrogen (secondary N) is 1. The van der Waals surface area contributed by atoms with E-state index in [0.717, 1.165) is 24.5 Å². The van der Waals surface area contributed by atoms with Crippen molar-refractivity contribution in [1.29, 1.82) is 0 Å². The van der Waals surface area contributed by atoms with Crippen LogP contribution in [0, 0.1) is 11.7 Å². The first-order chi connectivity index (χ1) is 9.29. The van der Waals surface area contributed by atoms with E-state index in [1.54, 1.807) is 0 Å². The summed E-state index contributed by atoms with van der Waals surface area (Å²) in [6.07, 6.45) is 1.01. The molecule has 1 fully saturated rings. The summed E-state index contributed by atoms with van der Waals surface area (Å²) in [5, 5.41) is 2.36. The van der Waals surface area contributed by atoms with Gasteiger partial charge in [-0.05, 0) is 18.2 Å². The highest BCUT2D eigenvalue weighted by Gasteiger charge is 2.31. The Labute approximate surface area is 116 Å². The third-order valence-electron chi connectivity index (χ3n) is 3.09. The highest BCUT2D eigenvalue weighted by Crippen LogP contribution is 2.21. The Morgan fingerprint density at radius 3 is 2.70 bits per heavy atom. The fourth-order valence-electron chi connectivity index (χ4n) is 1.90. The fourth-order valence-corrected chi connectivity index (χ4v) is 2.54. The molecule has 1 aliphatic heterocycles. The second-order valence-corrected chi connectivity index (χ2v) is 6.73. The van der Waals surface area contributed by atoms with Crippen molar-refractivity contribution in [3.63, 3.8) is 0 Å². The minimum atomic E-state index is -3.48. The Hall–Kier alpha value is -1.51. The van der Waals surface area contributed by atoms with Gasteiger partial charge >= 0.3 is 0 Å². The van der Waals surface area contributed by atoms with E-state index in [0.29, 0.717) is 0 Å². The number of hydrogen-bond acceptors (Lipinski definition) is 5. The van der Waals surface area contributed by atoms with Crippen LogP contribution in [0.4, 0.5) is 10.1 Å². The maximum atomic E-state index is 13.6. The molecule has 0 radical (unpaired) electrons. The van der Waals surface area contributed by atoms with Crippen LogP contribution in [-0.2, 0) is 19.4 Å². The smallest absolute Gasteiger partial charge is 0.231 e. The SMILES string of the molecule is CS(=O)(=O)c1ccc(F)c(NC(=O)C2COCC2N)c1. The van der Waals surface area contributed by atoms with E-state index in [2.05, 4.69) is 5.32 Å². The van der Waals surface area contributed by atoms with Crippen molar-refractivity contribution in [1.82, 2.24) is 0 Å². The van der Waals surface area contributed by atoms with E-state index in [1.165, 1.54) is 0 Å². The fraction of sp³-hybridized carbons (Fsp3) is 0.417. The molecule has 6 nitrogen and oxygen atoms in total. The lowest BCUT2D eigenvalue weighted by Crippen LogP contribution is -2.37. The van der Waals surface area contributed by atoms with Gasteiger partial charge in [0.25, 0.3) is 0 Å². The first kappa shape index (κ1) is 14.9. The van der Waals surface area contributed by atoms with Gasteiger partial charge < -0.3 is 15.8 Å². The molecule has 0 aliphatic carbocycles. The van der Waals surface area contributed by atoms with E-state index in [1.807, 2.05) is 0 Å². The minimum absolute atomic E-state index is 0.0684. The number of nitrogens with two attached hydrogens (primary N) is 1. The summed E-state index contributed by atoms with van der Waals surface area (Å²) in [4.78, 5) is 11.9. The second kappa shape index (κ2) is 5.47. The molecule has 110 valence electrons. The van der Waals surface area contributed by atoms with Crippen LogP contribution >= 0.6 is 0 Å². The number of benzene rings is 1. The molecule has 1 amide bonds. The standard InChI is InChI=1S/C12H15FN2O4S/c1-20(17,18)7-2-3-9(13)11(4-7)15-12(16)8-5-19-6-10(8)14/h2-4,8,10H,5-6,14H2,1H3,(H,15,16). The Morgan fingerprint density at radius 1 is 1.45 bits per heavy atom. The molecule has 0 spiro atoms. The molecule has 1 saturated heterocycles. The van der Waals surface area contributed by atoms with E-state index in [4.69, 9.17) is 10.5 Å². The van der Waals surface area contributed by atoms with Crippen LogP contribution in [0.15, 0.2) is 23.1 Å². The number of carbonyl (C=O) groups is 1. The van der Waals surface area contributed by atoms with Crippen LogP contribution in [0.25, 0.3) is 0 Å². The molecule has 2 rings (SSSR count). The monoisotopic (exact) mass is 302 g/mol. The number of anilines is 1. The molecule has 2 unspecified atom stereocenters. The van der Waals surface area contributed by atoms with Gasteiger partial charge in [-0.15, -0.1) is 0 Å². The van der Waals surface area contributed by atoms with Gasteiger partial charge in [0.2, 0.25) is 5.91 Å². The summed E-state index contributed by atoms with van der Waals surface area (Å²) in [7, 11) is -3.48. The molecule has 20 heavy (non-hydrogen) atoms. The van der Waals surface area contributed by atoms with Crippen LogP contribution in [0.1, 0.15) is 0 Å². The van der Waals surface area contributed by atoms with E-state index >= 15 is 0 Å². The van der Waals surface area contributed by atoms with Crippen LogP contribution < -0.4 is 11.1 Å².